The lowest BCUT2D eigenvalue weighted by atomic mass is 9.68. The van der Waals surface area contributed by atoms with E-state index in [1.807, 2.05) is 0 Å². The average Bonchev–Trinajstić information content (AvgIpc) is 3.15. The highest BCUT2D eigenvalue weighted by molar-refractivity contribution is 6.01. The van der Waals surface area contributed by atoms with E-state index in [2.05, 4.69) is 54.8 Å². The zero-order valence-corrected chi connectivity index (χ0v) is 16.5. The number of hydrogen-bond acceptors (Lipinski definition) is 2. The number of benzene rings is 1. The van der Waals surface area contributed by atoms with E-state index in [1.54, 1.807) is 0 Å². The second-order valence-electron chi connectivity index (χ2n) is 9.96. The van der Waals surface area contributed by atoms with Crippen LogP contribution in [-0.4, -0.2) is 36.0 Å². The topological polar surface area (TPSA) is 23.6 Å². The Morgan fingerprint density at radius 2 is 1.77 bits per heavy atom. The maximum Gasteiger partial charge on any atom is 0.231 e. The molecule has 2 aliphatic heterocycles. The molecule has 2 heterocycles. The third-order valence-electron chi connectivity index (χ3n) is 8.91. The molecule has 3 atom stereocenters. The fourth-order valence-electron chi connectivity index (χ4n) is 6.85. The van der Waals surface area contributed by atoms with Gasteiger partial charge in [-0.25, -0.2) is 0 Å². The molecule has 4 aliphatic rings. The zero-order valence-electron chi connectivity index (χ0n) is 16.5. The molecule has 3 heteroatoms. The molecule has 1 saturated heterocycles. The van der Waals surface area contributed by atoms with Gasteiger partial charge in [0.2, 0.25) is 5.91 Å². The first kappa shape index (κ1) is 16.8. The van der Waals surface area contributed by atoms with Crippen LogP contribution in [0.2, 0.25) is 0 Å². The van der Waals surface area contributed by atoms with Crippen LogP contribution >= 0.6 is 0 Å². The summed E-state index contributed by atoms with van der Waals surface area (Å²) < 4.78 is 0. The van der Waals surface area contributed by atoms with Crippen LogP contribution in [0.5, 0.6) is 0 Å². The number of carbonyl (C=O) groups excluding carboxylic acids is 1. The van der Waals surface area contributed by atoms with Crippen molar-refractivity contribution in [1.82, 2.24) is 4.90 Å². The Hall–Kier alpha value is -1.35. The molecule has 2 aliphatic carbocycles. The SMILES string of the molecule is CC1(C)[C@@H]2CC[C@@]1(C)[C@@H](N1CCC(N3C(=O)Cc4ccccc43)CC1)C2. The van der Waals surface area contributed by atoms with E-state index in [1.165, 1.54) is 30.5 Å². The van der Waals surface area contributed by atoms with Crippen molar-refractivity contribution in [2.45, 2.75) is 71.4 Å². The highest BCUT2D eigenvalue weighted by Crippen LogP contribution is 2.66. The lowest BCUT2D eigenvalue weighted by Crippen LogP contribution is -2.53. The van der Waals surface area contributed by atoms with Gasteiger partial charge in [-0.15, -0.1) is 0 Å². The molecule has 1 aromatic rings. The molecule has 26 heavy (non-hydrogen) atoms. The summed E-state index contributed by atoms with van der Waals surface area (Å²) in [7, 11) is 0. The Kier molecular flexibility index (Phi) is 3.60. The van der Waals surface area contributed by atoms with Crippen molar-refractivity contribution in [2.75, 3.05) is 18.0 Å². The molecule has 3 nitrogen and oxygen atoms in total. The Balaban J connectivity index is 1.30. The quantitative estimate of drug-likeness (QED) is 0.794. The first-order valence-corrected chi connectivity index (χ1v) is 10.6. The number of amides is 1. The number of para-hydroxylation sites is 1. The van der Waals surface area contributed by atoms with Gasteiger partial charge < -0.3 is 4.90 Å². The highest BCUT2D eigenvalue weighted by Gasteiger charge is 2.62. The van der Waals surface area contributed by atoms with Crippen molar-refractivity contribution < 1.29 is 4.79 Å². The second kappa shape index (κ2) is 5.58. The first-order chi connectivity index (χ1) is 12.4. The molecule has 0 radical (unpaired) electrons. The molecule has 2 saturated carbocycles. The molecule has 0 unspecified atom stereocenters. The van der Waals surface area contributed by atoms with Crippen molar-refractivity contribution in [2.24, 2.45) is 16.7 Å². The summed E-state index contributed by atoms with van der Waals surface area (Å²) in [5.41, 5.74) is 3.34. The predicted molar refractivity (Wildman–Crippen MR) is 105 cm³/mol. The number of carbonyl (C=O) groups is 1. The highest BCUT2D eigenvalue weighted by atomic mass is 16.2. The third-order valence-corrected chi connectivity index (χ3v) is 8.91. The molecule has 0 aromatic heterocycles. The van der Waals surface area contributed by atoms with Gasteiger partial charge in [0.05, 0.1) is 6.42 Å². The Bertz CT molecular complexity index is 733. The van der Waals surface area contributed by atoms with Crippen LogP contribution in [0, 0.1) is 16.7 Å². The summed E-state index contributed by atoms with van der Waals surface area (Å²) in [5.74, 6) is 1.21. The smallest absolute Gasteiger partial charge is 0.231 e. The van der Waals surface area contributed by atoms with E-state index in [4.69, 9.17) is 0 Å². The van der Waals surface area contributed by atoms with Gasteiger partial charge in [0.1, 0.15) is 0 Å². The van der Waals surface area contributed by atoms with E-state index < -0.39 is 0 Å². The van der Waals surface area contributed by atoms with Gasteiger partial charge in [0, 0.05) is 30.9 Å². The van der Waals surface area contributed by atoms with Crippen LogP contribution < -0.4 is 4.90 Å². The van der Waals surface area contributed by atoms with E-state index in [0.29, 0.717) is 29.2 Å². The molecule has 140 valence electrons. The van der Waals surface area contributed by atoms with Gasteiger partial charge in [-0.05, 0) is 60.5 Å². The Morgan fingerprint density at radius 1 is 1.04 bits per heavy atom. The van der Waals surface area contributed by atoms with E-state index in [-0.39, 0.29) is 0 Å². The summed E-state index contributed by atoms with van der Waals surface area (Å²) in [6, 6.07) is 9.50. The van der Waals surface area contributed by atoms with Gasteiger partial charge in [-0.2, -0.15) is 0 Å². The summed E-state index contributed by atoms with van der Waals surface area (Å²) in [6.07, 6.45) is 7.05. The van der Waals surface area contributed by atoms with Crippen molar-refractivity contribution in [1.29, 1.82) is 0 Å². The van der Waals surface area contributed by atoms with Gasteiger partial charge in [0.25, 0.3) is 0 Å². The van der Waals surface area contributed by atoms with Crippen LogP contribution in [0.25, 0.3) is 0 Å². The van der Waals surface area contributed by atoms with Crippen LogP contribution in [0.15, 0.2) is 24.3 Å². The molecule has 3 fully saturated rings. The summed E-state index contributed by atoms with van der Waals surface area (Å²) in [5, 5.41) is 0. The average molecular weight is 353 g/mol. The number of piperidine rings is 1. The Labute approximate surface area is 157 Å². The Morgan fingerprint density at radius 3 is 2.42 bits per heavy atom. The standard InChI is InChI=1S/C23H32N2O/c1-22(2)17-8-11-23(22,3)20(15-17)24-12-9-18(10-13-24)25-19-7-5-4-6-16(19)14-21(25)26/h4-7,17-18,20H,8-15H2,1-3H3/t17-,20+,23+/m1/s1. The fraction of sp³-hybridized carbons (Fsp3) is 0.696. The minimum absolute atomic E-state index is 0.303. The van der Waals surface area contributed by atoms with E-state index in [9.17, 15) is 4.79 Å². The number of fused-ring (bicyclic) bond motifs is 3. The first-order valence-electron chi connectivity index (χ1n) is 10.6. The summed E-state index contributed by atoms with van der Waals surface area (Å²) in [4.78, 5) is 17.5. The maximum absolute atomic E-state index is 12.6. The number of anilines is 1. The lowest BCUT2D eigenvalue weighted by molar-refractivity contribution is -0.118. The maximum atomic E-state index is 12.6. The monoisotopic (exact) mass is 352 g/mol. The number of rotatable bonds is 2. The van der Waals surface area contributed by atoms with Gasteiger partial charge >= 0.3 is 0 Å². The minimum atomic E-state index is 0.303. The number of nitrogens with zero attached hydrogens (tertiary/aromatic N) is 2. The van der Waals surface area contributed by atoms with Gasteiger partial charge in [-0.3, -0.25) is 9.69 Å². The van der Waals surface area contributed by atoms with Crippen LogP contribution in [0.3, 0.4) is 0 Å². The molecular formula is C23H32N2O. The van der Waals surface area contributed by atoms with Crippen molar-refractivity contribution >= 4 is 11.6 Å². The molecular weight excluding hydrogens is 320 g/mol. The number of hydrogen-bond donors (Lipinski definition) is 0. The fourth-order valence-corrected chi connectivity index (χ4v) is 6.85. The molecule has 0 N–H and O–H groups in total. The predicted octanol–water partition coefficient (Wildman–Crippen LogP) is 4.25. The molecule has 1 aromatic carbocycles. The van der Waals surface area contributed by atoms with Crippen molar-refractivity contribution in [3.05, 3.63) is 29.8 Å². The second-order valence-corrected chi connectivity index (χ2v) is 9.96. The molecule has 2 bridgehead atoms. The van der Waals surface area contributed by atoms with Gasteiger partial charge in [-0.1, -0.05) is 39.0 Å². The molecule has 1 amide bonds. The minimum Gasteiger partial charge on any atom is -0.309 e. The normalized spacial score (nSPS) is 36.7. The van der Waals surface area contributed by atoms with Gasteiger partial charge in [0.15, 0.2) is 0 Å². The largest absolute Gasteiger partial charge is 0.309 e. The van der Waals surface area contributed by atoms with Crippen LogP contribution in [0.1, 0.15) is 58.4 Å². The molecule has 0 spiro atoms. The van der Waals surface area contributed by atoms with E-state index >= 15 is 0 Å². The van der Waals surface area contributed by atoms with E-state index in [0.717, 1.165) is 37.9 Å². The zero-order chi connectivity index (χ0) is 18.1. The third kappa shape index (κ3) is 2.13. The summed E-state index contributed by atoms with van der Waals surface area (Å²) >= 11 is 0. The lowest BCUT2D eigenvalue weighted by Gasteiger charge is -2.47. The number of likely N-dealkylation sites (tertiary alicyclic amines) is 1. The van der Waals surface area contributed by atoms with Crippen molar-refractivity contribution in [3.63, 3.8) is 0 Å². The van der Waals surface area contributed by atoms with Crippen molar-refractivity contribution in [3.8, 4) is 0 Å². The van der Waals surface area contributed by atoms with Crippen LogP contribution in [0.4, 0.5) is 5.69 Å². The summed E-state index contributed by atoms with van der Waals surface area (Å²) in [6.45, 7) is 9.88. The van der Waals surface area contributed by atoms with Crippen LogP contribution in [-0.2, 0) is 11.2 Å². The molecule has 5 rings (SSSR count).